The molecule has 0 aliphatic rings. The van der Waals surface area contributed by atoms with Crippen molar-refractivity contribution in [2.24, 2.45) is 0 Å². The van der Waals surface area contributed by atoms with E-state index in [9.17, 15) is 0 Å². The minimum Gasteiger partial charge on any atom is -0.397 e. The van der Waals surface area contributed by atoms with Crippen molar-refractivity contribution < 1.29 is 0 Å². The Balaban J connectivity index is 2.59. The summed E-state index contributed by atoms with van der Waals surface area (Å²) < 4.78 is 0. The zero-order chi connectivity index (χ0) is 11.7. The molecule has 2 aromatic rings. The molecule has 0 radical (unpaired) electrons. The molecule has 2 aromatic carbocycles. The Bertz CT molecular complexity index is 521. The summed E-state index contributed by atoms with van der Waals surface area (Å²) in [4.78, 5) is 0. The maximum absolute atomic E-state index is 5.96. The smallest absolute Gasteiger partial charge is 0.0656 e. The van der Waals surface area contributed by atoms with E-state index in [1.807, 2.05) is 12.1 Å². The van der Waals surface area contributed by atoms with E-state index in [-0.39, 0.29) is 0 Å². The van der Waals surface area contributed by atoms with Gasteiger partial charge in [0.25, 0.3) is 0 Å². The first-order valence-corrected chi connectivity index (χ1v) is 5.72. The molecule has 0 aromatic heterocycles. The highest BCUT2D eigenvalue weighted by Gasteiger charge is 2.07. The third kappa shape index (κ3) is 2.27. The number of nitrogen functional groups attached to an aromatic ring is 1. The number of rotatable bonds is 1. The molecule has 0 saturated carbocycles. The minimum absolute atomic E-state index is 0.456. The molecule has 0 spiro atoms. The first-order valence-electron chi connectivity index (χ1n) is 4.58. The fourth-order valence-corrected chi connectivity index (χ4v) is 2.07. The van der Waals surface area contributed by atoms with E-state index < -0.39 is 0 Å². The normalized spacial score (nSPS) is 10.4. The van der Waals surface area contributed by atoms with Crippen LogP contribution in [0.1, 0.15) is 0 Å². The van der Waals surface area contributed by atoms with Crippen molar-refractivity contribution in [1.29, 1.82) is 0 Å². The number of anilines is 1. The molecule has 0 amide bonds. The van der Waals surface area contributed by atoms with Gasteiger partial charge in [-0.3, -0.25) is 0 Å². The Hall–Kier alpha value is -0.890. The fraction of sp³-hybridized carbons (Fsp3) is 0. The Morgan fingerprint density at radius 3 is 2.06 bits per heavy atom. The van der Waals surface area contributed by atoms with Crippen LogP contribution in [0.5, 0.6) is 0 Å². The van der Waals surface area contributed by atoms with Crippen molar-refractivity contribution in [3.05, 3.63) is 51.5 Å². The summed E-state index contributed by atoms with van der Waals surface area (Å²) in [5, 5.41) is 1.69. The van der Waals surface area contributed by atoms with Crippen molar-refractivity contribution >= 4 is 40.5 Å². The van der Waals surface area contributed by atoms with E-state index in [1.165, 1.54) is 0 Å². The molecule has 0 bridgehead atoms. The maximum atomic E-state index is 5.96. The van der Waals surface area contributed by atoms with E-state index >= 15 is 0 Å². The molecule has 4 heteroatoms. The number of hydrogen-bond donors (Lipinski definition) is 1. The number of hydrogen-bond acceptors (Lipinski definition) is 1. The van der Waals surface area contributed by atoms with Gasteiger partial charge in [0.1, 0.15) is 0 Å². The molecule has 0 atom stereocenters. The van der Waals surface area contributed by atoms with Crippen LogP contribution in [0.25, 0.3) is 11.1 Å². The summed E-state index contributed by atoms with van der Waals surface area (Å²) in [6.07, 6.45) is 0. The minimum atomic E-state index is 0.456. The lowest BCUT2D eigenvalue weighted by Crippen LogP contribution is -1.91. The van der Waals surface area contributed by atoms with E-state index in [1.54, 1.807) is 24.3 Å². The Kier molecular flexibility index (Phi) is 3.29. The van der Waals surface area contributed by atoms with Gasteiger partial charge in [-0.05, 0) is 29.8 Å². The molecule has 1 nitrogen and oxygen atoms in total. The molecule has 2 N–H and O–H groups in total. The molecule has 0 aliphatic heterocycles. The van der Waals surface area contributed by atoms with Crippen LogP contribution in [-0.2, 0) is 0 Å². The van der Waals surface area contributed by atoms with E-state index in [2.05, 4.69) is 0 Å². The van der Waals surface area contributed by atoms with Crippen LogP contribution in [0.15, 0.2) is 36.4 Å². The third-order valence-electron chi connectivity index (χ3n) is 2.25. The third-order valence-corrected chi connectivity index (χ3v) is 3.03. The molecule has 16 heavy (non-hydrogen) atoms. The highest BCUT2D eigenvalue weighted by molar-refractivity contribution is 6.37. The van der Waals surface area contributed by atoms with Gasteiger partial charge in [-0.15, -0.1) is 0 Å². The van der Waals surface area contributed by atoms with Crippen LogP contribution in [0.4, 0.5) is 5.69 Å². The molecule has 0 aliphatic carbocycles. The van der Waals surface area contributed by atoms with Crippen LogP contribution >= 0.6 is 34.8 Å². The second-order valence-corrected chi connectivity index (χ2v) is 4.64. The van der Waals surface area contributed by atoms with E-state index in [4.69, 9.17) is 40.5 Å². The average Bonchev–Trinajstić information content (AvgIpc) is 2.25. The highest BCUT2D eigenvalue weighted by atomic mass is 35.5. The van der Waals surface area contributed by atoms with Gasteiger partial charge in [-0.25, -0.2) is 0 Å². The van der Waals surface area contributed by atoms with Crippen molar-refractivity contribution in [3.8, 4) is 11.1 Å². The average molecular weight is 273 g/mol. The van der Waals surface area contributed by atoms with Crippen LogP contribution in [0.2, 0.25) is 15.1 Å². The molecule has 0 saturated heterocycles. The predicted octanol–water partition coefficient (Wildman–Crippen LogP) is 4.90. The second-order valence-electron chi connectivity index (χ2n) is 3.36. The SMILES string of the molecule is Nc1c(Cl)cc(Cl)cc1-c1ccc(Cl)cc1. The predicted molar refractivity (Wildman–Crippen MR) is 71.3 cm³/mol. The van der Waals surface area contributed by atoms with Gasteiger partial charge in [0, 0.05) is 15.6 Å². The van der Waals surface area contributed by atoms with Gasteiger partial charge in [0.2, 0.25) is 0 Å². The lowest BCUT2D eigenvalue weighted by atomic mass is 10.0. The summed E-state index contributed by atoms with van der Waals surface area (Å²) in [5.41, 5.74) is 8.17. The lowest BCUT2D eigenvalue weighted by Gasteiger charge is -2.08. The molecule has 82 valence electrons. The van der Waals surface area contributed by atoms with Crippen LogP contribution in [0, 0.1) is 0 Å². The van der Waals surface area contributed by atoms with Crippen LogP contribution in [0.3, 0.4) is 0 Å². The molecule has 0 heterocycles. The monoisotopic (exact) mass is 271 g/mol. The number of halogens is 3. The topological polar surface area (TPSA) is 26.0 Å². The summed E-state index contributed by atoms with van der Waals surface area (Å²) in [5.74, 6) is 0. The number of benzene rings is 2. The fourth-order valence-electron chi connectivity index (χ4n) is 1.45. The molecule has 0 unspecified atom stereocenters. The summed E-state index contributed by atoms with van der Waals surface area (Å²) >= 11 is 17.7. The zero-order valence-corrected chi connectivity index (χ0v) is 10.4. The van der Waals surface area contributed by atoms with E-state index in [0.29, 0.717) is 20.8 Å². The van der Waals surface area contributed by atoms with Gasteiger partial charge in [0.15, 0.2) is 0 Å². The largest absolute Gasteiger partial charge is 0.397 e. The zero-order valence-electron chi connectivity index (χ0n) is 8.18. The van der Waals surface area contributed by atoms with Crippen molar-refractivity contribution in [1.82, 2.24) is 0 Å². The Morgan fingerprint density at radius 2 is 1.44 bits per heavy atom. The maximum Gasteiger partial charge on any atom is 0.0656 e. The van der Waals surface area contributed by atoms with Crippen molar-refractivity contribution in [3.63, 3.8) is 0 Å². The quantitative estimate of drug-likeness (QED) is 0.734. The van der Waals surface area contributed by atoms with Gasteiger partial charge in [-0.2, -0.15) is 0 Å². The van der Waals surface area contributed by atoms with Gasteiger partial charge >= 0.3 is 0 Å². The summed E-state index contributed by atoms with van der Waals surface area (Å²) in [6.45, 7) is 0. The standard InChI is InChI=1S/C12H8Cl3N/c13-8-3-1-7(2-4-8)10-5-9(14)6-11(15)12(10)16/h1-6H,16H2. The van der Waals surface area contributed by atoms with E-state index in [0.717, 1.165) is 11.1 Å². The van der Waals surface area contributed by atoms with Gasteiger partial charge in [0.05, 0.1) is 10.7 Å². The van der Waals surface area contributed by atoms with Gasteiger partial charge < -0.3 is 5.73 Å². The summed E-state index contributed by atoms with van der Waals surface area (Å²) in [6, 6.07) is 10.8. The first kappa shape index (κ1) is 11.6. The van der Waals surface area contributed by atoms with Crippen LogP contribution < -0.4 is 5.73 Å². The Morgan fingerprint density at radius 1 is 0.812 bits per heavy atom. The highest BCUT2D eigenvalue weighted by Crippen LogP contribution is 2.35. The molecule has 2 rings (SSSR count). The molecule has 0 fully saturated rings. The Labute approximate surface area is 109 Å². The second kappa shape index (κ2) is 4.54. The van der Waals surface area contributed by atoms with Crippen molar-refractivity contribution in [2.75, 3.05) is 5.73 Å². The van der Waals surface area contributed by atoms with Crippen molar-refractivity contribution in [2.45, 2.75) is 0 Å². The molecular weight excluding hydrogens is 264 g/mol. The van der Waals surface area contributed by atoms with Gasteiger partial charge in [-0.1, -0.05) is 46.9 Å². The molecular formula is C12H8Cl3N. The number of nitrogens with two attached hydrogens (primary N) is 1. The van der Waals surface area contributed by atoms with Crippen LogP contribution in [-0.4, -0.2) is 0 Å². The summed E-state index contributed by atoms with van der Waals surface area (Å²) in [7, 11) is 0. The first-order chi connectivity index (χ1) is 7.58. The lowest BCUT2D eigenvalue weighted by molar-refractivity contribution is 1.61.